The maximum absolute atomic E-state index is 12.5. The third-order valence-electron chi connectivity index (χ3n) is 3.03. The predicted octanol–water partition coefficient (Wildman–Crippen LogP) is 4.22. The Kier molecular flexibility index (Phi) is 5.76. The van der Waals surface area contributed by atoms with Gasteiger partial charge in [-0.25, -0.2) is 4.98 Å². The number of nitrogens with zero attached hydrogens (tertiary/aromatic N) is 1. The average molecular weight is 368 g/mol. The molecule has 0 fully saturated rings. The Labute approximate surface area is 137 Å². The van der Waals surface area contributed by atoms with Crippen LogP contribution in [0.5, 0.6) is 0 Å². The fraction of sp³-hybridized carbons (Fsp3) is 0.333. The van der Waals surface area contributed by atoms with Gasteiger partial charge >= 0.3 is 0 Å². The molecular weight excluding hydrogens is 350 g/mol. The van der Waals surface area contributed by atoms with Gasteiger partial charge in [-0.2, -0.15) is 11.3 Å². The summed E-state index contributed by atoms with van der Waals surface area (Å²) in [6, 6.07) is 3.79. The molecule has 0 saturated heterocycles. The van der Waals surface area contributed by atoms with E-state index < -0.39 is 0 Å². The lowest BCUT2D eigenvalue weighted by molar-refractivity contribution is 0.0940. The Hall–Kier alpha value is -1.40. The first-order chi connectivity index (χ1) is 10.1. The van der Waals surface area contributed by atoms with Gasteiger partial charge < -0.3 is 10.6 Å². The largest absolute Gasteiger partial charge is 0.369 e. The summed E-state index contributed by atoms with van der Waals surface area (Å²) >= 11 is 4.99. The number of anilines is 1. The third-order valence-corrected chi connectivity index (χ3v) is 4.17. The van der Waals surface area contributed by atoms with Crippen molar-refractivity contribution in [3.8, 4) is 0 Å². The molecule has 0 aliphatic carbocycles. The molecule has 2 N–H and O–H groups in total. The summed E-state index contributed by atoms with van der Waals surface area (Å²) in [6.45, 7) is 4.84. The van der Waals surface area contributed by atoms with Gasteiger partial charge in [-0.3, -0.25) is 4.79 Å². The monoisotopic (exact) mass is 367 g/mol. The number of carbonyl (C=O) groups is 1. The zero-order chi connectivity index (χ0) is 15.2. The first kappa shape index (κ1) is 16.0. The SMILES string of the molecule is CCCNc1ncc(Br)cc1C(=O)NC(C)c1ccsc1. The van der Waals surface area contributed by atoms with Crippen molar-refractivity contribution >= 4 is 39.0 Å². The first-order valence-electron chi connectivity index (χ1n) is 6.84. The van der Waals surface area contributed by atoms with E-state index in [0.717, 1.165) is 23.0 Å². The van der Waals surface area contributed by atoms with Crippen LogP contribution in [0, 0.1) is 0 Å². The molecule has 2 aromatic heterocycles. The number of hydrogen-bond donors (Lipinski definition) is 2. The molecule has 112 valence electrons. The van der Waals surface area contributed by atoms with Gasteiger partial charge in [-0.05, 0) is 57.7 Å². The van der Waals surface area contributed by atoms with E-state index in [2.05, 4.69) is 38.5 Å². The summed E-state index contributed by atoms with van der Waals surface area (Å²) in [5.41, 5.74) is 1.67. The summed E-state index contributed by atoms with van der Waals surface area (Å²) < 4.78 is 0.790. The zero-order valence-corrected chi connectivity index (χ0v) is 14.4. The molecule has 1 unspecified atom stereocenters. The fourth-order valence-electron chi connectivity index (χ4n) is 1.88. The van der Waals surface area contributed by atoms with E-state index in [-0.39, 0.29) is 11.9 Å². The Morgan fingerprint density at radius 1 is 1.52 bits per heavy atom. The van der Waals surface area contributed by atoms with Crippen molar-refractivity contribution in [1.29, 1.82) is 0 Å². The van der Waals surface area contributed by atoms with E-state index in [9.17, 15) is 4.79 Å². The number of nitrogens with one attached hydrogen (secondary N) is 2. The quantitative estimate of drug-likeness (QED) is 0.803. The summed E-state index contributed by atoms with van der Waals surface area (Å²) in [7, 11) is 0. The van der Waals surface area contributed by atoms with E-state index >= 15 is 0 Å². The predicted molar refractivity (Wildman–Crippen MR) is 90.9 cm³/mol. The van der Waals surface area contributed by atoms with Gasteiger partial charge in [0.1, 0.15) is 5.82 Å². The molecule has 0 aliphatic rings. The smallest absolute Gasteiger partial charge is 0.255 e. The van der Waals surface area contributed by atoms with Crippen LogP contribution in [-0.4, -0.2) is 17.4 Å². The van der Waals surface area contributed by atoms with Gasteiger partial charge in [0.2, 0.25) is 0 Å². The molecule has 1 amide bonds. The molecule has 0 saturated carbocycles. The lowest BCUT2D eigenvalue weighted by atomic mass is 10.1. The van der Waals surface area contributed by atoms with Crippen molar-refractivity contribution in [2.24, 2.45) is 0 Å². The highest BCUT2D eigenvalue weighted by atomic mass is 79.9. The number of carbonyl (C=O) groups excluding carboxylic acids is 1. The molecule has 2 aromatic rings. The van der Waals surface area contributed by atoms with Crippen molar-refractivity contribution in [1.82, 2.24) is 10.3 Å². The molecule has 0 bridgehead atoms. The minimum atomic E-state index is -0.124. The van der Waals surface area contributed by atoms with Crippen LogP contribution in [0.2, 0.25) is 0 Å². The van der Waals surface area contributed by atoms with Crippen molar-refractivity contribution in [2.45, 2.75) is 26.3 Å². The molecular formula is C15H18BrN3OS. The third kappa shape index (κ3) is 4.28. The minimum Gasteiger partial charge on any atom is -0.369 e. The summed E-state index contributed by atoms with van der Waals surface area (Å²) in [5, 5.41) is 10.2. The number of amides is 1. The van der Waals surface area contributed by atoms with Crippen LogP contribution in [0.15, 0.2) is 33.6 Å². The minimum absolute atomic E-state index is 0.0262. The molecule has 2 heterocycles. The van der Waals surface area contributed by atoms with Crippen LogP contribution in [0.4, 0.5) is 5.82 Å². The van der Waals surface area contributed by atoms with Crippen molar-refractivity contribution < 1.29 is 4.79 Å². The van der Waals surface area contributed by atoms with Crippen LogP contribution in [0.1, 0.15) is 42.2 Å². The normalized spacial score (nSPS) is 12.0. The highest BCUT2D eigenvalue weighted by Gasteiger charge is 2.16. The standard InChI is InChI=1S/C15H18BrN3OS/c1-3-5-17-14-13(7-12(16)8-18-14)15(20)19-10(2)11-4-6-21-9-11/h4,6-10H,3,5H2,1-2H3,(H,17,18)(H,19,20). The molecule has 2 rings (SSSR count). The molecule has 0 aromatic carbocycles. The molecule has 21 heavy (non-hydrogen) atoms. The van der Waals surface area contributed by atoms with Crippen LogP contribution in [0.3, 0.4) is 0 Å². The topological polar surface area (TPSA) is 54.0 Å². The summed E-state index contributed by atoms with van der Waals surface area (Å²) in [4.78, 5) is 16.8. The van der Waals surface area contributed by atoms with Gasteiger partial charge in [-0.15, -0.1) is 0 Å². The molecule has 6 heteroatoms. The van der Waals surface area contributed by atoms with Gasteiger partial charge in [0, 0.05) is 17.2 Å². The van der Waals surface area contributed by atoms with Crippen molar-refractivity contribution in [3.05, 3.63) is 44.7 Å². The molecule has 0 spiro atoms. The molecule has 1 atom stereocenters. The van der Waals surface area contributed by atoms with Gasteiger partial charge in [-0.1, -0.05) is 6.92 Å². The van der Waals surface area contributed by atoms with Crippen molar-refractivity contribution in [2.75, 3.05) is 11.9 Å². The summed E-state index contributed by atoms with van der Waals surface area (Å²) in [6.07, 6.45) is 2.67. The van der Waals surface area contributed by atoms with E-state index in [1.165, 1.54) is 0 Å². The second kappa shape index (κ2) is 7.56. The second-order valence-corrected chi connectivity index (χ2v) is 6.42. The Bertz CT molecular complexity index is 601. The maximum atomic E-state index is 12.5. The van der Waals surface area contributed by atoms with Gasteiger partial charge in [0.15, 0.2) is 0 Å². The maximum Gasteiger partial charge on any atom is 0.255 e. The number of halogens is 1. The van der Waals surface area contributed by atoms with Crippen LogP contribution in [0.25, 0.3) is 0 Å². The molecule has 4 nitrogen and oxygen atoms in total. The number of hydrogen-bond acceptors (Lipinski definition) is 4. The summed E-state index contributed by atoms with van der Waals surface area (Å²) in [5.74, 6) is 0.496. The molecule has 0 aliphatic heterocycles. The average Bonchev–Trinajstić information content (AvgIpc) is 3.00. The van der Waals surface area contributed by atoms with E-state index in [4.69, 9.17) is 0 Å². The lowest BCUT2D eigenvalue weighted by Crippen LogP contribution is -2.27. The molecule has 0 radical (unpaired) electrons. The number of pyridine rings is 1. The fourth-order valence-corrected chi connectivity index (χ4v) is 2.96. The zero-order valence-electron chi connectivity index (χ0n) is 12.0. The van der Waals surface area contributed by atoms with Crippen LogP contribution < -0.4 is 10.6 Å². The van der Waals surface area contributed by atoms with E-state index in [1.807, 2.05) is 23.8 Å². The highest BCUT2D eigenvalue weighted by molar-refractivity contribution is 9.10. The number of aromatic nitrogens is 1. The van der Waals surface area contributed by atoms with Crippen molar-refractivity contribution in [3.63, 3.8) is 0 Å². The van der Waals surface area contributed by atoms with E-state index in [1.54, 1.807) is 23.6 Å². The Morgan fingerprint density at radius 2 is 2.33 bits per heavy atom. The Balaban J connectivity index is 2.15. The lowest BCUT2D eigenvalue weighted by Gasteiger charge is -2.15. The number of thiophene rings is 1. The highest BCUT2D eigenvalue weighted by Crippen LogP contribution is 2.20. The van der Waals surface area contributed by atoms with Crippen LogP contribution in [-0.2, 0) is 0 Å². The second-order valence-electron chi connectivity index (χ2n) is 4.73. The van der Waals surface area contributed by atoms with E-state index in [0.29, 0.717) is 11.4 Å². The first-order valence-corrected chi connectivity index (χ1v) is 8.57. The Morgan fingerprint density at radius 3 is 3.00 bits per heavy atom. The van der Waals surface area contributed by atoms with Crippen LogP contribution >= 0.6 is 27.3 Å². The van der Waals surface area contributed by atoms with Gasteiger partial charge in [0.05, 0.1) is 11.6 Å². The van der Waals surface area contributed by atoms with Gasteiger partial charge in [0.25, 0.3) is 5.91 Å². The number of rotatable bonds is 6.